The minimum absolute atomic E-state index is 0.654. The molecule has 4 heteroatoms. The van der Waals surface area contributed by atoms with Crippen molar-refractivity contribution in [2.45, 2.75) is 19.7 Å². The molecule has 1 aromatic heterocycles. The average Bonchev–Trinajstić information content (AvgIpc) is 2.78. The van der Waals surface area contributed by atoms with Crippen LogP contribution in [0.4, 0.5) is 0 Å². The van der Waals surface area contributed by atoms with Crippen LogP contribution < -0.4 is 5.32 Å². The molecular formula is C14H19N3O. The van der Waals surface area contributed by atoms with Crippen molar-refractivity contribution >= 4 is 0 Å². The molecule has 0 aliphatic heterocycles. The van der Waals surface area contributed by atoms with Crippen molar-refractivity contribution in [3.05, 3.63) is 53.3 Å². The fraction of sp³-hybridized carbons (Fsp3) is 0.357. The maximum absolute atomic E-state index is 5.19. The van der Waals surface area contributed by atoms with Crippen molar-refractivity contribution in [3.63, 3.8) is 0 Å². The number of ether oxygens (including phenoxy) is 1. The number of hydrogen-bond donors (Lipinski definition) is 1. The van der Waals surface area contributed by atoms with E-state index >= 15 is 0 Å². The number of aryl methyl sites for hydroxylation is 1. The van der Waals surface area contributed by atoms with Gasteiger partial charge in [-0.1, -0.05) is 24.3 Å². The van der Waals surface area contributed by atoms with Gasteiger partial charge in [0.25, 0.3) is 0 Å². The topological polar surface area (TPSA) is 39.1 Å². The van der Waals surface area contributed by atoms with Gasteiger partial charge in [-0.15, -0.1) is 0 Å². The van der Waals surface area contributed by atoms with Gasteiger partial charge in [0.15, 0.2) is 0 Å². The van der Waals surface area contributed by atoms with E-state index in [9.17, 15) is 0 Å². The Morgan fingerprint density at radius 1 is 1.17 bits per heavy atom. The Labute approximate surface area is 108 Å². The van der Waals surface area contributed by atoms with Crippen molar-refractivity contribution in [1.29, 1.82) is 0 Å². The molecule has 0 aliphatic rings. The highest BCUT2D eigenvalue weighted by Crippen LogP contribution is 2.09. The number of benzene rings is 1. The maximum Gasteiger partial charge on any atom is 0.0762 e. The van der Waals surface area contributed by atoms with Crippen molar-refractivity contribution in [2.75, 3.05) is 7.11 Å². The first kappa shape index (κ1) is 12.8. The van der Waals surface area contributed by atoms with Gasteiger partial charge in [-0.25, -0.2) is 0 Å². The fourth-order valence-corrected chi connectivity index (χ4v) is 1.91. The summed E-state index contributed by atoms with van der Waals surface area (Å²) in [4.78, 5) is 0. The van der Waals surface area contributed by atoms with E-state index in [1.54, 1.807) is 7.11 Å². The van der Waals surface area contributed by atoms with Gasteiger partial charge in [0.05, 0.1) is 12.3 Å². The van der Waals surface area contributed by atoms with Gasteiger partial charge in [0, 0.05) is 33.4 Å². The summed E-state index contributed by atoms with van der Waals surface area (Å²) in [5.74, 6) is 0. The van der Waals surface area contributed by atoms with Gasteiger partial charge in [-0.3, -0.25) is 4.68 Å². The minimum Gasteiger partial charge on any atom is -0.380 e. The first-order chi connectivity index (χ1) is 8.79. The molecule has 1 N–H and O–H groups in total. The van der Waals surface area contributed by atoms with Crippen LogP contribution in [0.15, 0.2) is 36.5 Å². The first-order valence-corrected chi connectivity index (χ1v) is 6.04. The molecule has 0 spiro atoms. The Balaban J connectivity index is 1.89. The van der Waals surface area contributed by atoms with Crippen LogP contribution >= 0.6 is 0 Å². The van der Waals surface area contributed by atoms with E-state index in [0.29, 0.717) is 6.61 Å². The molecule has 0 saturated carbocycles. The molecular weight excluding hydrogens is 226 g/mol. The number of aromatic nitrogens is 2. The summed E-state index contributed by atoms with van der Waals surface area (Å²) < 4.78 is 7.01. The van der Waals surface area contributed by atoms with Crippen LogP contribution in [0.25, 0.3) is 0 Å². The predicted molar refractivity (Wildman–Crippen MR) is 70.9 cm³/mol. The van der Waals surface area contributed by atoms with Crippen molar-refractivity contribution < 1.29 is 4.74 Å². The third-order valence-electron chi connectivity index (χ3n) is 2.81. The second-order valence-corrected chi connectivity index (χ2v) is 4.29. The van der Waals surface area contributed by atoms with Crippen LogP contribution in [-0.4, -0.2) is 16.9 Å². The van der Waals surface area contributed by atoms with Gasteiger partial charge < -0.3 is 10.1 Å². The van der Waals surface area contributed by atoms with Gasteiger partial charge in [0.1, 0.15) is 0 Å². The number of nitrogens with zero attached hydrogens (tertiary/aromatic N) is 2. The van der Waals surface area contributed by atoms with E-state index in [0.717, 1.165) is 18.8 Å². The third-order valence-corrected chi connectivity index (χ3v) is 2.81. The molecule has 1 aromatic carbocycles. The first-order valence-electron chi connectivity index (χ1n) is 6.04. The van der Waals surface area contributed by atoms with Crippen LogP contribution in [0.2, 0.25) is 0 Å². The van der Waals surface area contributed by atoms with Crippen molar-refractivity contribution in [2.24, 2.45) is 7.05 Å². The summed E-state index contributed by atoms with van der Waals surface area (Å²) in [6.07, 6.45) is 1.95. The Bertz CT molecular complexity index is 493. The predicted octanol–water partition coefficient (Wildman–Crippen LogP) is 1.86. The summed E-state index contributed by atoms with van der Waals surface area (Å²) in [7, 11) is 3.65. The molecule has 0 unspecified atom stereocenters. The second kappa shape index (κ2) is 6.33. The highest BCUT2D eigenvalue weighted by atomic mass is 16.5. The summed E-state index contributed by atoms with van der Waals surface area (Å²) in [6, 6.07) is 10.3. The largest absolute Gasteiger partial charge is 0.380 e. The van der Waals surface area contributed by atoms with Gasteiger partial charge in [-0.05, 0) is 17.2 Å². The van der Waals surface area contributed by atoms with E-state index in [1.807, 2.05) is 30.1 Å². The quantitative estimate of drug-likeness (QED) is 0.844. The SMILES string of the molecule is COCc1ccccc1CNCc1ccn(C)n1. The van der Waals surface area contributed by atoms with Gasteiger partial charge in [-0.2, -0.15) is 5.10 Å². The summed E-state index contributed by atoms with van der Waals surface area (Å²) in [5.41, 5.74) is 3.56. The normalized spacial score (nSPS) is 10.8. The van der Waals surface area contributed by atoms with E-state index in [4.69, 9.17) is 4.74 Å². The maximum atomic E-state index is 5.19. The molecule has 0 fully saturated rings. The lowest BCUT2D eigenvalue weighted by Crippen LogP contribution is -2.14. The summed E-state index contributed by atoms with van der Waals surface area (Å²) >= 11 is 0. The van der Waals surface area contributed by atoms with Crippen LogP contribution in [0.5, 0.6) is 0 Å². The van der Waals surface area contributed by atoms with E-state index in [1.165, 1.54) is 11.1 Å². The molecule has 0 bridgehead atoms. The zero-order chi connectivity index (χ0) is 12.8. The second-order valence-electron chi connectivity index (χ2n) is 4.29. The van der Waals surface area contributed by atoms with Gasteiger partial charge in [0.2, 0.25) is 0 Å². The number of hydrogen-bond acceptors (Lipinski definition) is 3. The standard InChI is InChI=1S/C14H19N3O/c1-17-8-7-14(16-17)10-15-9-12-5-3-4-6-13(12)11-18-2/h3-8,15H,9-11H2,1-2H3. The molecule has 4 nitrogen and oxygen atoms in total. The molecule has 0 saturated heterocycles. The minimum atomic E-state index is 0.654. The molecule has 0 radical (unpaired) electrons. The van der Waals surface area contributed by atoms with E-state index in [-0.39, 0.29) is 0 Å². The Kier molecular flexibility index (Phi) is 4.50. The lowest BCUT2D eigenvalue weighted by molar-refractivity contribution is 0.184. The lowest BCUT2D eigenvalue weighted by atomic mass is 10.1. The summed E-state index contributed by atoms with van der Waals surface area (Å²) in [6.45, 7) is 2.26. The third kappa shape index (κ3) is 3.42. The van der Waals surface area contributed by atoms with Crippen molar-refractivity contribution in [1.82, 2.24) is 15.1 Å². The van der Waals surface area contributed by atoms with Crippen molar-refractivity contribution in [3.8, 4) is 0 Å². The van der Waals surface area contributed by atoms with Gasteiger partial charge >= 0.3 is 0 Å². The van der Waals surface area contributed by atoms with E-state index in [2.05, 4.69) is 28.6 Å². The number of nitrogens with one attached hydrogen (secondary N) is 1. The molecule has 0 atom stereocenters. The number of methoxy groups -OCH3 is 1. The Hall–Kier alpha value is -1.65. The average molecular weight is 245 g/mol. The zero-order valence-electron chi connectivity index (χ0n) is 10.9. The van der Waals surface area contributed by atoms with Crippen LogP contribution in [0, 0.1) is 0 Å². The number of rotatable bonds is 6. The molecule has 96 valence electrons. The molecule has 2 aromatic rings. The lowest BCUT2D eigenvalue weighted by Gasteiger charge is -2.09. The molecule has 18 heavy (non-hydrogen) atoms. The zero-order valence-corrected chi connectivity index (χ0v) is 10.9. The Morgan fingerprint density at radius 2 is 1.94 bits per heavy atom. The fourth-order valence-electron chi connectivity index (χ4n) is 1.91. The molecule has 0 amide bonds. The monoisotopic (exact) mass is 245 g/mol. The Morgan fingerprint density at radius 3 is 2.61 bits per heavy atom. The molecule has 1 heterocycles. The van der Waals surface area contributed by atoms with E-state index < -0.39 is 0 Å². The smallest absolute Gasteiger partial charge is 0.0762 e. The van der Waals surface area contributed by atoms with Crippen LogP contribution in [0.1, 0.15) is 16.8 Å². The summed E-state index contributed by atoms with van der Waals surface area (Å²) in [5, 5.41) is 7.73. The van der Waals surface area contributed by atoms with Crippen LogP contribution in [0.3, 0.4) is 0 Å². The van der Waals surface area contributed by atoms with Crippen LogP contribution in [-0.2, 0) is 31.5 Å². The molecule has 0 aliphatic carbocycles. The highest BCUT2D eigenvalue weighted by molar-refractivity contribution is 5.26. The molecule has 2 rings (SSSR count). The highest BCUT2D eigenvalue weighted by Gasteiger charge is 2.01.